The number of hydrogen-bond donors (Lipinski definition) is 1. The highest BCUT2D eigenvalue weighted by Crippen LogP contribution is 2.41. The Balaban J connectivity index is 2.19. The third-order valence-corrected chi connectivity index (χ3v) is 5.26. The van der Waals surface area contributed by atoms with Crippen molar-refractivity contribution in [1.29, 1.82) is 0 Å². The Morgan fingerprint density at radius 2 is 1.27 bits per heavy atom. The van der Waals surface area contributed by atoms with Crippen LogP contribution < -0.4 is 19.5 Å². The minimum atomic E-state index is -1.74. The summed E-state index contributed by atoms with van der Waals surface area (Å²) < 4.78 is 21.6. The number of carbonyl (C=O) groups excluding carboxylic acids is 2. The number of amides is 1. The molecule has 1 amide bonds. The smallest absolute Gasteiger partial charge is 0.330 e. The first-order valence-electron chi connectivity index (χ1n) is 10.4. The van der Waals surface area contributed by atoms with E-state index in [2.05, 4.69) is 5.32 Å². The van der Waals surface area contributed by atoms with Crippen LogP contribution in [-0.4, -0.2) is 39.8 Å². The predicted molar refractivity (Wildman–Crippen MR) is 125 cm³/mol. The third kappa shape index (κ3) is 4.48. The molecule has 3 aromatic carbocycles. The van der Waals surface area contributed by atoms with E-state index >= 15 is 0 Å². The van der Waals surface area contributed by atoms with Crippen LogP contribution >= 0.6 is 0 Å². The van der Waals surface area contributed by atoms with Gasteiger partial charge in [0.2, 0.25) is 5.75 Å². The van der Waals surface area contributed by atoms with Gasteiger partial charge in [0.05, 0.1) is 27.9 Å². The number of nitrogens with one attached hydrogen (secondary N) is 1. The van der Waals surface area contributed by atoms with Crippen LogP contribution in [0.5, 0.6) is 17.2 Å². The second-order valence-corrected chi connectivity index (χ2v) is 7.07. The molecular formula is C26H27NO6. The summed E-state index contributed by atoms with van der Waals surface area (Å²) in [5.74, 6) is -0.123. The normalized spacial score (nSPS) is 10.8. The SMILES string of the molecule is CCOC(=O)C(C(=O)Nc1cc(OC)c(OC)c(OC)c1)(c1ccccc1)c1ccccc1. The average Bonchev–Trinajstić information content (AvgIpc) is 2.85. The Kier molecular flexibility index (Phi) is 7.56. The standard InChI is InChI=1S/C26H27NO6/c1-5-33-25(29)26(18-12-8-6-9-13-18,19-14-10-7-11-15-19)24(28)27-20-16-21(30-2)23(32-4)22(17-20)31-3/h6-17H,5H2,1-4H3,(H,27,28). The molecule has 0 saturated heterocycles. The molecule has 1 N–H and O–H groups in total. The summed E-state index contributed by atoms with van der Waals surface area (Å²) in [6.45, 7) is 1.83. The largest absolute Gasteiger partial charge is 0.493 e. The minimum absolute atomic E-state index is 0.123. The molecule has 0 aliphatic carbocycles. The second-order valence-electron chi connectivity index (χ2n) is 7.07. The molecule has 7 heteroatoms. The van der Waals surface area contributed by atoms with Gasteiger partial charge in [-0.05, 0) is 18.1 Å². The van der Waals surface area contributed by atoms with Gasteiger partial charge in [-0.15, -0.1) is 0 Å². The number of methoxy groups -OCH3 is 3. The van der Waals surface area contributed by atoms with Gasteiger partial charge in [0.1, 0.15) is 0 Å². The quantitative estimate of drug-likeness (QED) is 0.389. The predicted octanol–water partition coefficient (Wildman–Crippen LogP) is 4.20. The molecule has 0 aliphatic heterocycles. The Hall–Kier alpha value is -4.00. The summed E-state index contributed by atoms with van der Waals surface area (Å²) in [4.78, 5) is 27.5. The van der Waals surface area contributed by atoms with Gasteiger partial charge >= 0.3 is 5.97 Å². The van der Waals surface area contributed by atoms with Gasteiger partial charge in [-0.3, -0.25) is 9.59 Å². The van der Waals surface area contributed by atoms with Crippen molar-refractivity contribution >= 4 is 17.6 Å². The molecule has 7 nitrogen and oxygen atoms in total. The molecule has 0 aromatic heterocycles. The molecule has 0 radical (unpaired) electrons. The van der Waals surface area contributed by atoms with Crippen molar-refractivity contribution in [2.24, 2.45) is 0 Å². The first-order valence-corrected chi connectivity index (χ1v) is 10.4. The topological polar surface area (TPSA) is 83.1 Å². The lowest BCUT2D eigenvalue weighted by Gasteiger charge is -2.31. The van der Waals surface area contributed by atoms with Crippen molar-refractivity contribution in [3.63, 3.8) is 0 Å². The van der Waals surface area contributed by atoms with Gasteiger partial charge in [0.25, 0.3) is 5.91 Å². The minimum Gasteiger partial charge on any atom is -0.493 e. The lowest BCUT2D eigenvalue weighted by atomic mass is 9.73. The van der Waals surface area contributed by atoms with Crippen LogP contribution in [0.25, 0.3) is 0 Å². The van der Waals surface area contributed by atoms with Gasteiger partial charge in [-0.1, -0.05) is 60.7 Å². The van der Waals surface area contributed by atoms with Gasteiger partial charge in [0.15, 0.2) is 16.9 Å². The molecule has 0 saturated carbocycles. The van der Waals surface area contributed by atoms with Crippen LogP contribution in [0.3, 0.4) is 0 Å². The highest BCUT2D eigenvalue weighted by molar-refractivity contribution is 6.17. The van der Waals surface area contributed by atoms with Crippen molar-refractivity contribution < 1.29 is 28.5 Å². The van der Waals surface area contributed by atoms with E-state index in [1.807, 2.05) is 12.1 Å². The number of rotatable bonds is 9. The monoisotopic (exact) mass is 449 g/mol. The number of benzene rings is 3. The molecule has 0 bridgehead atoms. The van der Waals surface area contributed by atoms with Crippen LogP contribution in [0.1, 0.15) is 18.1 Å². The second kappa shape index (κ2) is 10.5. The average molecular weight is 450 g/mol. The molecule has 3 rings (SSSR count). The molecule has 0 heterocycles. The zero-order chi connectivity index (χ0) is 23.8. The lowest BCUT2D eigenvalue weighted by molar-refractivity contribution is -0.151. The number of esters is 1. The van der Waals surface area contributed by atoms with Crippen molar-refractivity contribution in [2.75, 3.05) is 33.3 Å². The number of hydrogen-bond acceptors (Lipinski definition) is 6. The Morgan fingerprint density at radius 1 is 0.788 bits per heavy atom. The molecule has 0 fully saturated rings. The molecule has 3 aromatic rings. The summed E-state index contributed by atoms with van der Waals surface area (Å²) in [6, 6.07) is 20.9. The summed E-state index contributed by atoms with van der Waals surface area (Å²) >= 11 is 0. The maximum Gasteiger partial charge on any atom is 0.330 e. The summed E-state index contributed by atoms with van der Waals surface area (Å²) in [6.07, 6.45) is 0. The van der Waals surface area contributed by atoms with Crippen LogP contribution in [0.2, 0.25) is 0 Å². The number of anilines is 1. The van der Waals surface area contributed by atoms with Crippen LogP contribution in [0.4, 0.5) is 5.69 Å². The van der Waals surface area contributed by atoms with Gasteiger partial charge in [0, 0.05) is 17.8 Å². The molecular weight excluding hydrogens is 422 g/mol. The Labute approximate surface area is 193 Å². The van der Waals surface area contributed by atoms with Gasteiger partial charge in [-0.25, -0.2) is 0 Å². The Bertz CT molecular complexity index is 1030. The zero-order valence-corrected chi connectivity index (χ0v) is 19.1. The Morgan fingerprint density at radius 3 is 1.67 bits per heavy atom. The molecule has 0 atom stereocenters. The van der Waals surface area contributed by atoms with E-state index in [4.69, 9.17) is 18.9 Å². The van der Waals surface area contributed by atoms with E-state index in [1.165, 1.54) is 21.3 Å². The fourth-order valence-electron chi connectivity index (χ4n) is 3.75. The maximum atomic E-state index is 14.0. The highest BCUT2D eigenvalue weighted by atomic mass is 16.5. The fourth-order valence-corrected chi connectivity index (χ4v) is 3.75. The van der Waals surface area contributed by atoms with E-state index < -0.39 is 17.3 Å². The van der Waals surface area contributed by atoms with Crippen molar-refractivity contribution in [3.05, 3.63) is 83.9 Å². The summed E-state index contributed by atoms with van der Waals surface area (Å²) in [5.41, 5.74) is -0.395. The first-order chi connectivity index (χ1) is 16.0. The lowest BCUT2D eigenvalue weighted by Crippen LogP contribution is -2.49. The van der Waals surface area contributed by atoms with E-state index in [0.717, 1.165) is 0 Å². The van der Waals surface area contributed by atoms with Crippen LogP contribution in [-0.2, 0) is 19.7 Å². The van der Waals surface area contributed by atoms with E-state index in [9.17, 15) is 9.59 Å². The van der Waals surface area contributed by atoms with E-state index in [1.54, 1.807) is 67.6 Å². The van der Waals surface area contributed by atoms with Crippen molar-refractivity contribution in [3.8, 4) is 17.2 Å². The molecule has 0 aliphatic rings. The molecule has 0 spiro atoms. The van der Waals surface area contributed by atoms with Crippen molar-refractivity contribution in [1.82, 2.24) is 0 Å². The first kappa shape index (κ1) is 23.7. The van der Waals surface area contributed by atoms with E-state index in [-0.39, 0.29) is 6.61 Å². The van der Waals surface area contributed by atoms with Gasteiger partial charge in [-0.2, -0.15) is 0 Å². The van der Waals surface area contributed by atoms with Crippen LogP contribution in [0.15, 0.2) is 72.8 Å². The fraction of sp³-hybridized carbons (Fsp3) is 0.231. The number of ether oxygens (including phenoxy) is 4. The molecule has 0 unspecified atom stereocenters. The maximum absolute atomic E-state index is 14.0. The summed E-state index contributed by atoms with van der Waals surface area (Å²) in [5, 5.41) is 2.86. The molecule has 33 heavy (non-hydrogen) atoms. The highest BCUT2D eigenvalue weighted by Gasteiger charge is 2.50. The molecule has 172 valence electrons. The number of carbonyl (C=O) groups is 2. The zero-order valence-electron chi connectivity index (χ0n) is 19.1. The third-order valence-electron chi connectivity index (χ3n) is 5.26. The summed E-state index contributed by atoms with van der Waals surface area (Å²) in [7, 11) is 4.47. The van der Waals surface area contributed by atoms with Crippen LogP contribution in [0, 0.1) is 0 Å². The van der Waals surface area contributed by atoms with Crippen molar-refractivity contribution in [2.45, 2.75) is 12.3 Å². The van der Waals surface area contributed by atoms with Gasteiger partial charge < -0.3 is 24.3 Å². The van der Waals surface area contributed by atoms with E-state index in [0.29, 0.717) is 34.1 Å².